The number of hydrogen-bond donors (Lipinski definition) is 0. The molecule has 2 aliphatic rings. The number of nitriles is 1. The zero-order valence-corrected chi connectivity index (χ0v) is 9.90. The molecule has 0 saturated carbocycles. The molecule has 4 heteroatoms. The molecule has 90 valence electrons. The van der Waals surface area contributed by atoms with E-state index in [9.17, 15) is 0 Å². The lowest BCUT2D eigenvalue weighted by molar-refractivity contribution is 0.0316. The van der Waals surface area contributed by atoms with Gasteiger partial charge in [0.25, 0.3) is 0 Å². The molecule has 0 aromatic heterocycles. The molecule has 2 aliphatic heterocycles. The smallest absolute Gasteiger partial charge is 0.0669 e. The highest BCUT2D eigenvalue weighted by Gasteiger charge is 2.20. The Morgan fingerprint density at radius 3 is 2.62 bits per heavy atom. The molecule has 2 rings (SSSR count). The summed E-state index contributed by atoms with van der Waals surface area (Å²) in [6.07, 6.45) is 2.27. The van der Waals surface area contributed by atoms with Gasteiger partial charge in [-0.25, -0.2) is 0 Å². The van der Waals surface area contributed by atoms with Crippen LogP contribution in [-0.4, -0.2) is 62.3 Å². The maximum atomic E-state index is 8.92. The number of nitrogens with zero attached hydrogens (tertiary/aromatic N) is 3. The van der Waals surface area contributed by atoms with Crippen molar-refractivity contribution in [1.82, 2.24) is 9.80 Å². The topological polar surface area (TPSA) is 39.5 Å². The summed E-state index contributed by atoms with van der Waals surface area (Å²) in [5.41, 5.74) is 0. The summed E-state index contributed by atoms with van der Waals surface area (Å²) in [5, 5.41) is 8.92. The van der Waals surface area contributed by atoms with E-state index in [1.807, 2.05) is 0 Å². The second-order valence-electron chi connectivity index (χ2n) is 4.72. The third-order valence-electron chi connectivity index (χ3n) is 3.52. The minimum Gasteiger partial charge on any atom is -0.379 e. The van der Waals surface area contributed by atoms with Crippen LogP contribution in [0.3, 0.4) is 0 Å². The number of rotatable bonds is 3. The number of ether oxygens (including phenoxy) is 1. The van der Waals surface area contributed by atoms with Gasteiger partial charge in [-0.05, 0) is 19.4 Å². The monoisotopic (exact) mass is 223 g/mol. The van der Waals surface area contributed by atoms with Gasteiger partial charge in [0.05, 0.1) is 25.2 Å². The summed E-state index contributed by atoms with van der Waals surface area (Å²) in [5.74, 6) is 0.262. The molecule has 0 N–H and O–H groups in total. The summed E-state index contributed by atoms with van der Waals surface area (Å²) >= 11 is 0. The molecule has 0 aromatic rings. The van der Waals surface area contributed by atoms with Crippen LogP contribution in [0, 0.1) is 17.2 Å². The normalized spacial score (nSPS) is 28.8. The Morgan fingerprint density at radius 2 is 1.88 bits per heavy atom. The molecule has 0 aliphatic carbocycles. The molecule has 1 unspecified atom stereocenters. The fraction of sp³-hybridized carbons (Fsp3) is 0.917. The van der Waals surface area contributed by atoms with Crippen molar-refractivity contribution in [2.75, 3.05) is 52.5 Å². The van der Waals surface area contributed by atoms with Gasteiger partial charge >= 0.3 is 0 Å². The standard InChI is InChI=1S/C12H21N3O/c13-10-12-2-1-3-15(11-12)5-4-14-6-8-16-9-7-14/h12H,1-9,11H2. The third kappa shape index (κ3) is 3.44. The SMILES string of the molecule is N#CC1CCCN(CCN2CCOCC2)C1. The van der Waals surface area contributed by atoms with E-state index >= 15 is 0 Å². The molecular weight excluding hydrogens is 202 g/mol. The van der Waals surface area contributed by atoms with Crippen LogP contribution in [0.15, 0.2) is 0 Å². The van der Waals surface area contributed by atoms with Gasteiger partial charge in [0.2, 0.25) is 0 Å². The average molecular weight is 223 g/mol. The minimum atomic E-state index is 0.262. The molecule has 2 fully saturated rings. The van der Waals surface area contributed by atoms with Gasteiger partial charge in [0.15, 0.2) is 0 Å². The van der Waals surface area contributed by atoms with E-state index in [1.165, 1.54) is 13.0 Å². The highest BCUT2D eigenvalue weighted by Crippen LogP contribution is 2.15. The first-order chi connectivity index (χ1) is 7.88. The van der Waals surface area contributed by atoms with Crippen LogP contribution in [0.25, 0.3) is 0 Å². The van der Waals surface area contributed by atoms with Crippen molar-refractivity contribution >= 4 is 0 Å². The van der Waals surface area contributed by atoms with Crippen molar-refractivity contribution in [3.8, 4) is 6.07 Å². The molecule has 0 radical (unpaired) electrons. The quantitative estimate of drug-likeness (QED) is 0.700. The largest absolute Gasteiger partial charge is 0.379 e. The van der Waals surface area contributed by atoms with Crippen LogP contribution in [-0.2, 0) is 4.74 Å². The van der Waals surface area contributed by atoms with Gasteiger partial charge in [-0.1, -0.05) is 0 Å². The van der Waals surface area contributed by atoms with Crippen molar-refractivity contribution in [2.24, 2.45) is 5.92 Å². The molecule has 1 atom stereocenters. The van der Waals surface area contributed by atoms with Crippen LogP contribution in [0.2, 0.25) is 0 Å². The lowest BCUT2D eigenvalue weighted by atomic mass is 10.00. The molecule has 0 bridgehead atoms. The molecule has 4 nitrogen and oxygen atoms in total. The van der Waals surface area contributed by atoms with Crippen LogP contribution < -0.4 is 0 Å². The molecular formula is C12H21N3O. The van der Waals surface area contributed by atoms with Crippen molar-refractivity contribution in [3.05, 3.63) is 0 Å². The van der Waals surface area contributed by atoms with Crippen LogP contribution >= 0.6 is 0 Å². The Morgan fingerprint density at radius 1 is 1.12 bits per heavy atom. The third-order valence-corrected chi connectivity index (χ3v) is 3.52. The number of hydrogen-bond acceptors (Lipinski definition) is 4. The Kier molecular flexibility index (Phi) is 4.58. The summed E-state index contributed by atoms with van der Waals surface area (Å²) in [6.45, 7) is 8.26. The van der Waals surface area contributed by atoms with Crippen molar-refractivity contribution < 1.29 is 4.74 Å². The molecule has 16 heavy (non-hydrogen) atoms. The van der Waals surface area contributed by atoms with E-state index in [-0.39, 0.29) is 5.92 Å². The van der Waals surface area contributed by atoms with E-state index in [0.717, 1.165) is 52.4 Å². The fourth-order valence-electron chi connectivity index (χ4n) is 2.47. The zero-order chi connectivity index (χ0) is 11.2. The maximum Gasteiger partial charge on any atom is 0.0669 e. The van der Waals surface area contributed by atoms with E-state index in [2.05, 4.69) is 15.9 Å². The van der Waals surface area contributed by atoms with E-state index < -0.39 is 0 Å². The Balaban J connectivity index is 1.67. The Bertz CT molecular complexity index is 245. The lowest BCUT2D eigenvalue weighted by Gasteiger charge is -2.33. The zero-order valence-electron chi connectivity index (χ0n) is 9.90. The number of morpholine rings is 1. The molecule has 2 saturated heterocycles. The maximum absolute atomic E-state index is 8.92. The first-order valence-corrected chi connectivity index (χ1v) is 6.30. The van der Waals surface area contributed by atoms with Crippen molar-refractivity contribution in [1.29, 1.82) is 5.26 Å². The van der Waals surface area contributed by atoms with Crippen LogP contribution in [0.4, 0.5) is 0 Å². The molecule has 2 heterocycles. The van der Waals surface area contributed by atoms with Gasteiger partial charge in [0, 0.05) is 32.7 Å². The summed E-state index contributed by atoms with van der Waals surface area (Å²) in [4.78, 5) is 4.90. The van der Waals surface area contributed by atoms with Crippen molar-refractivity contribution in [2.45, 2.75) is 12.8 Å². The van der Waals surface area contributed by atoms with Gasteiger partial charge in [-0.3, -0.25) is 4.90 Å². The fourth-order valence-corrected chi connectivity index (χ4v) is 2.47. The predicted molar refractivity (Wildman–Crippen MR) is 62.0 cm³/mol. The Hall–Kier alpha value is -0.630. The first kappa shape index (κ1) is 11.8. The van der Waals surface area contributed by atoms with Gasteiger partial charge in [0.1, 0.15) is 0 Å². The summed E-state index contributed by atoms with van der Waals surface area (Å²) in [6, 6.07) is 2.40. The second kappa shape index (κ2) is 6.19. The highest BCUT2D eigenvalue weighted by molar-refractivity contribution is 4.88. The van der Waals surface area contributed by atoms with Gasteiger partial charge in [-0.15, -0.1) is 0 Å². The Labute approximate surface area is 97.8 Å². The second-order valence-corrected chi connectivity index (χ2v) is 4.72. The average Bonchev–Trinajstić information content (AvgIpc) is 2.38. The number of piperidine rings is 1. The van der Waals surface area contributed by atoms with Crippen LogP contribution in [0.1, 0.15) is 12.8 Å². The molecule has 0 amide bonds. The number of likely N-dealkylation sites (tertiary alicyclic amines) is 1. The van der Waals surface area contributed by atoms with E-state index in [0.29, 0.717) is 0 Å². The summed E-state index contributed by atoms with van der Waals surface area (Å²) in [7, 11) is 0. The van der Waals surface area contributed by atoms with E-state index in [1.54, 1.807) is 0 Å². The lowest BCUT2D eigenvalue weighted by Crippen LogP contribution is -2.43. The minimum absolute atomic E-state index is 0.262. The summed E-state index contributed by atoms with van der Waals surface area (Å²) < 4.78 is 5.33. The van der Waals surface area contributed by atoms with Gasteiger partial charge < -0.3 is 9.64 Å². The predicted octanol–water partition coefficient (Wildman–Crippen LogP) is 0.554. The highest BCUT2D eigenvalue weighted by atomic mass is 16.5. The van der Waals surface area contributed by atoms with Crippen molar-refractivity contribution in [3.63, 3.8) is 0 Å². The van der Waals surface area contributed by atoms with Gasteiger partial charge in [-0.2, -0.15) is 5.26 Å². The van der Waals surface area contributed by atoms with E-state index in [4.69, 9.17) is 10.00 Å². The molecule has 0 spiro atoms. The first-order valence-electron chi connectivity index (χ1n) is 6.30. The molecule has 0 aromatic carbocycles. The van der Waals surface area contributed by atoms with Crippen LogP contribution in [0.5, 0.6) is 0 Å².